The van der Waals surface area contributed by atoms with Crippen molar-refractivity contribution in [3.63, 3.8) is 0 Å². The lowest BCUT2D eigenvalue weighted by atomic mass is 10.2. The Bertz CT molecular complexity index is 624. The van der Waals surface area contributed by atoms with Gasteiger partial charge in [0.25, 0.3) is 5.69 Å². The number of nitrogens with zero attached hydrogens (tertiary/aromatic N) is 1. The molecule has 1 heterocycles. The SMILES string of the molecule is Cc1c([N+](=O)[O-])cccc1S(=O)(=O)NCC[C@H]1CCCN1. The Morgan fingerprint density at radius 2 is 2.24 bits per heavy atom. The van der Waals surface area contributed by atoms with Gasteiger partial charge in [0, 0.05) is 24.2 Å². The van der Waals surface area contributed by atoms with Crippen LogP contribution < -0.4 is 10.0 Å². The number of nitrogens with one attached hydrogen (secondary N) is 2. The summed E-state index contributed by atoms with van der Waals surface area (Å²) < 4.78 is 27.0. The Hall–Kier alpha value is -1.51. The lowest BCUT2D eigenvalue weighted by molar-refractivity contribution is -0.385. The summed E-state index contributed by atoms with van der Waals surface area (Å²) in [5.41, 5.74) is -0.0238. The van der Waals surface area contributed by atoms with Crippen molar-refractivity contribution < 1.29 is 13.3 Å². The highest BCUT2D eigenvalue weighted by molar-refractivity contribution is 7.89. The van der Waals surface area contributed by atoms with E-state index in [2.05, 4.69) is 10.0 Å². The molecule has 0 saturated carbocycles. The van der Waals surface area contributed by atoms with Gasteiger partial charge in [0.15, 0.2) is 0 Å². The van der Waals surface area contributed by atoms with E-state index in [9.17, 15) is 18.5 Å². The van der Waals surface area contributed by atoms with E-state index in [1.54, 1.807) is 0 Å². The first-order valence-electron chi connectivity index (χ1n) is 6.89. The molecule has 1 saturated heterocycles. The molecule has 2 N–H and O–H groups in total. The van der Waals surface area contributed by atoms with Crippen LogP contribution in [-0.4, -0.2) is 32.5 Å². The highest BCUT2D eigenvalue weighted by atomic mass is 32.2. The zero-order chi connectivity index (χ0) is 15.5. The molecule has 0 radical (unpaired) electrons. The minimum absolute atomic E-state index is 0.0314. The van der Waals surface area contributed by atoms with Crippen LogP contribution in [-0.2, 0) is 10.0 Å². The summed E-state index contributed by atoms with van der Waals surface area (Å²) >= 11 is 0. The molecule has 1 aromatic rings. The molecule has 1 fully saturated rings. The molecule has 8 heteroatoms. The predicted molar refractivity (Wildman–Crippen MR) is 78.7 cm³/mol. The molecule has 1 aliphatic heterocycles. The molecule has 7 nitrogen and oxygen atoms in total. The number of rotatable bonds is 6. The molecule has 0 aromatic heterocycles. The zero-order valence-corrected chi connectivity index (χ0v) is 12.6. The lowest BCUT2D eigenvalue weighted by Gasteiger charge is -2.12. The topological polar surface area (TPSA) is 101 Å². The van der Waals surface area contributed by atoms with Crippen molar-refractivity contribution in [2.24, 2.45) is 0 Å². The molecule has 1 aromatic carbocycles. The van der Waals surface area contributed by atoms with Gasteiger partial charge >= 0.3 is 0 Å². The molecular formula is C13H19N3O4S. The zero-order valence-electron chi connectivity index (χ0n) is 11.8. The van der Waals surface area contributed by atoms with Crippen molar-refractivity contribution >= 4 is 15.7 Å². The summed E-state index contributed by atoms with van der Waals surface area (Å²) in [4.78, 5) is 10.3. The molecule has 21 heavy (non-hydrogen) atoms. The Morgan fingerprint density at radius 1 is 1.48 bits per heavy atom. The number of benzene rings is 1. The first-order valence-corrected chi connectivity index (χ1v) is 8.37. The fourth-order valence-electron chi connectivity index (χ4n) is 2.54. The van der Waals surface area contributed by atoms with Crippen molar-refractivity contribution in [3.05, 3.63) is 33.9 Å². The molecule has 0 unspecified atom stereocenters. The predicted octanol–water partition coefficient (Wildman–Crippen LogP) is 1.32. The minimum atomic E-state index is -3.72. The largest absolute Gasteiger partial charge is 0.314 e. The third kappa shape index (κ3) is 3.78. The van der Waals surface area contributed by atoms with Crippen LogP contribution in [0.5, 0.6) is 0 Å². The van der Waals surface area contributed by atoms with Crippen LogP contribution in [0.2, 0.25) is 0 Å². The molecular weight excluding hydrogens is 294 g/mol. The monoisotopic (exact) mass is 313 g/mol. The van der Waals surface area contributed by atoms with Crippen molar-refractivity contribution in [2.45, 2.75) is 37.1 Å². The Kier molecular flexibility index (Phi) is 4.92. The maximum Gasteiger partial charge on any atom is 0.273 e. The van der Waals surface area contributed by atoms with Crippen LogP contribution in [0.15, 0.2) is 23.1 Å². The van der Waals surface area contributed by atoms with Crippen LogP contribution in [0.3, 0.4) is 0 Å². The number of hydrogen-bond donors (Lipinski definition) is 2. The summed E-state index contributed by atoms with van der Waals surface area (Å²) in [7, 11) is -3.72. The van der Waals surface area contributed by atoms with Gasteiger partial charge in [-0.15, -0.1) is 0 Å². The maximum atomic E-state index is 12.2. The maximum absolute atomic E-state index is 12.2. The van der Waals surface area contributed by atoms with Crippen LogP contribution in [0.1, 0.15) is 24.8 Å². The highest BCUT2D eigenvalue weighted by Crippen LogP contribution is 2.24. The molecule has 0 bridgehead atoms. The van der Waals surface area contributed by atoms with E-state index < -0.39 is 14.9 Å². The number of sulfonamides is 1. The summed E-state index contributed by atoms with van der Waals surface area (Å²) in [6.45, 7) is 2.74. The molecule has 2 rings (SSSR count). The van der Waals surface area contributed by atoms with Crippen LogP contribution in [0.4, 0.5) is 5.69 Å². The fraction of sp³-hybridized carbons (Fsp3) is 0.538. The van der Waals surface area contributed by atoms with Gasteiger partial charge in [0.2, 0.25) is 10.0 Å². The van der Waals surface area contributed by atoms with E-state index in [4.69, 9.17) is 0 Å². The Morgan fingerprint density at radius 3 is 2.86 bits per heavy atom. The lowest BCUT2D eigenvalue weighted by Crippen LogP contribution is -2.31. The second kappa shape index (κ2) is 6.50. The third-order valence-electron chi connectivity index (χ3n) is 3.69. The van der Waals surface area contributed by atoms with E-state index in [1.807, 2.05) is 0 Å². The third-order valence-corrected chi connectivity index (χ3v) is 5.29. The number of nitro groups is 1. The Labute approximate surface area is 123 Å². The van der Waals surface area contributed by atoms with Gasteiger partial charge < -0.3 is 5.32 Å². The van der Waals surface area contributed by atoms with E-state index in [1.165, 1.54) is 25.1 Å². The van der Waals surface area contributed by atoms with Gasteiger partial charge in [-0.3, -0.25) is 10.1 Å². The van der Waals surface area contributed by atoms with Crippen molar-refractivity contribution in [3.8, 4) is 0 Å². The average molecular weight is 313 g/mol. The normalized spacial score (nSPS) is 18.8. The standard InChI is InChI=1S/C13H19N3O4S/c1-10-12(16(17)18)5-2-6-13(10)21(19,20)15-9-7-11-4-3-8-14-11/h2,5-6,11,14-15H,3-4,7-9H2,1H3/t11-/m1/s1. The molecule has 1 aliphatic rings. The highest BCUT2D eigenvalue weighted by Gasteiger charge is 2.23. The van der Waals surface area contributed by atoms with Crippen LogP contribution in [0, 0.1) is 17.0 Å². The van der Waals surface area contributed by atoms with E-state index in [0.29, 0.717) is 19.0 Å². The van der Waals surface area contributed by atoms with Gasteiger partial charge in [-0.2, -0.15) is 0 Å². The number of nitro benzene ring substituents is 1. The minimum Gasteiger partial charge on any atom is -0.314 e. The van der Waals surface area contributed by atoms with Gasteiger partial charge in [0.05, 0.1) is 9.82 Å². The molecule has 0 spiro atoms. The van der Waals surface area contributed by atoms with E-state index in [-0.39, 0.29) is 16.1 Å². The van der Waals surface area contributed by atoms with Crippen molar-refractivity contribution in [1.29, 1.82) is 0 Å². The van der Waals surface area contributed by atoms with Gasteiger partial charge in [-0.05, 0) is 38.8 Å². The first-order chi connectivity index (χ1) is 9.92. The second-order valence-electron chi connectivity index (χ2n) is 5.14. The quantitative estimate of drug-likeness (QED) is 0.609. The van der Waals surface area contributed by atoms with Crippen LogP contribution >= 0.6 is 0 Å². The van der Waals surface area contributed by atoms with Crippen molar-refractivity contribution in [2.75, 3.05) is 13.1 Å². The van der Waals surface area contributed by atoms with E-state index in [0.717, 1.165) is 19.4 Å². The summed E-state index contributed by atoms with van der Waals surface area (Å²) in [5, 5.41) is 14.2. The Balaban J connectivity index is 2.08. The number of hydrogen-bond acceptors (Lipinski definition) is 5. The summed E-state index contributed by atoms with van der Waals surface area (Å²) in [5.74, 6) is 0. The van der Waals surface area contributed by atoms with E-state index >= 15 is 0 Å². The summed E-state index contributed by atoms with van der Waals surface area (Å²) in [6, 6.07) is 4.42. The van der Waals surface area contributed by atoms with Gasteiger partial charge in [-0.1, -0.05) is 6.07 Å². The van der Waals surface area contributed by atoms with Gasteiger partial charge in [-0.25, -0.2) is 13.1 Å². The molecule has 116 valence electrons. The fourth-order valence-corrected chi connectivity index (χ4v) is 3.85. The first kappa shape index (κ1) is 15.9. The van der Waals surface area contributed by atoms with Crippen LogP contribution in [0.25, 0.3) is 0 Å². The molecule has 0 amide bonds. The smallest absolute Gasteiger partial charge is 0.273 e. The van der Waals surface area contributed by atoms with Crippen molar-refractivity contribution in [1.82, 2.24) is 10.0 Å². The second-order valence-corrected chi connectivity index (χ2v) is 6.87. The average Bonchev–Trinajstić information content (AvgIpc) is 2.91. The summed E-state index contributed by atoms with van der Waals surface area (Å²) in [6.07, 6.45) is 2.88. The molecule has 1 atom stereocenters. The van der Waals surface area contributed by atoms with Gasteiger partial charge in [0.1, 0.15) is 0 Å². The molecule has 0 aliphatic carbocycles.